The summed E-state index contributed by atoms with van der Waals surface area (Å²) in [5.41, 5.74) is 2.01. The highest BCUT2D eigenvalue weighted by atomic mass is 16.5. The lowest BCUT2D eigenvalue weighted by molar-refractivity contribution is -0.123. The van der Waals surface area contributed by atoms with Gasteiger partial charge in [-0.25, -0.2) is 4.98 Å². The molecule has 1 amide bonds. The molecule has 2 heterocycles. The predicted octanol–water partition coefficient (Wildman–Crippen LogP) is 2.36. The summed E-state index contributed by atoms with van der Waals surface area (Å²) in [5.74, 6) is 1.26. The Morgan fingerprint density at radius 1 is 1.40 bits per heavy atom. The number of nitrogens with one attached hydrogen (secondary N) is 2. The number of hydrogen-bond donors (Lipinski definition) is 2. The molecule has 1 fully saturated rings. The first-order chi connectivity index (χ1) is 12.1. The monoisotopic (exact) mass is 343 g/mol. The Morgan fingerprint density at radius 2 is 2.20 bits per heavy atom. The van der Waals surface area contributed by atoms with Crippen LogP contribution >= 0.6 is 0 Å². The fourth-order valence-electron chi connectivity index (χ4n) is 2.82. The molecule has 1 saturated heterocycles. The molecule has 0 bridgehead atoms. The first-order valence-electron chi connectivity index (χ1n) is 8.72. The quantitative estimate of drug-likeness (QED) is 0.807. The number of amides is 1. The average molecular weight is 343 g/mol. The number of benzene rings is 1. The summed E-state index contributed by atoms with van der Waals surface area (Å²) in [4.78, 5) is 16.2. The number of hydrogen-bond acceptors (Lipinski definition) is 5. The van der Waals surface area contributed by atoms with Crippen molar-refractivity contribution in [2.45, 2.75) is 39.0 Å². The Bertz CT molecular complexity index is 668. The zero-order valence-electron chi connectivity index (χ0n) is 14.7. The van der Waals surface area contributed by atoms with E-state index in [0.717, 1.165) is 36.5 Å². The van der Waals surface area contributed by atoms with E-state index in [9.17, 15) is 4.79 Å². The molecule has 2 atom stereocenters. The van der Waals surface area contributed by atoms with Crippen molar-refractivity contribution in [3.05, 3.63) is 42.4 Å². The van der Waals surface area contributed by atoms with E-state index in [-0.39, 0.29) is 18.1 Å². The Kier molecular flexibility index (Phi) is 5.83. The SMILES string of the molecule is CC(C)COC1CNC(C(=O)NCc2ccc(-c3cnco3)cc2)C1. The van der Waals surface area contributed by atoms with Gasteiger partial charge in [0.15, 0.2) is 12.2 Å². The molecule has 1 aromatic heterocycles. The second-order valence-corrected chi connectivity index (χ2v) is 6.83. The van der Waals surface area contributed by atoms with Crippen LogP contribution in [0.1, 0.15) is 25.8 Å². The Morgan fingerprint density at radius 3 is 2.88 bits per heavy atom. The van der Waals surface area contributed by atoms with Gasteiger partial charge < -0.3 is 19.8 Å². The van der Waals surface area contributed by atoms with E-state index < -0.39 is 0 Å². The summed E-state index contributed by atoms with van der Waals surface area (Å²) in [7, 11) is 0. The van der Waals surface area contributed by atoms with E-state index >= 15 is 0 Å². The van der Waals surface area contributed by atoms with Gasteiger partial charge in [0.1, 0.15) is 0 Å². The number of nitrogens with zero attached hydrogens (tertiary/aromatic N) is 1. The maximum atomic E-state index is 12.3. The van der Waals surface area contributed by atoms with Crippen LogP contribution in [0.2, 0.25) is 0 Å². The maximum Gasteiger partial charge on any atom is 0.237 e. The third-order valence-corrected chi connectivity index (χ3v) is 4.21. The lowest BCUT2D eigenvalue weighted by atomic mass is 10.1. The van der Waals surface area contributed by atoms with Crippen LogP contribution in [0.5, 0.6) is 0 Å². The summed E-state index contributed by atoms with van der Waals surface area (Å²) in [6, 6.07) is 7.71. The summed E-state index contributed by atoms with van der Waals surface area (Å²) >= 11 is 0. The topological polar surface area (TPSA) is 76.4 Å². The number of carbonyl (C=O) groups excluding carboxylic acids is 1. The third kappa shape index (κ3) is 4.90. The first kappa shape index (κ1) is 17.6. The van der Waals surface area contributed by atoms with Crippen molar-refractivity contribution in [1.29, 1.82) is 0 Å². The highest BCUT2D eigenvalue weighted by Gasteiger charge is 2.29. The lowest BCUT2D eigenvalue weighted by Crippen LogP contribution is -2.39. The first-order valence-corrected chi connectivity index (χ1v) is 8.72. The lowest BCUT2D eigenvalue weighted by Gasteiger charge is -2.13. The van der Waals surface area contributed by atoms with Crippen molar-refractivity contribution in [2.75, 3.05) is 13.2 Å². The zero-order valence-corrected chi connectivity index (χ0v) is 14.7. The van der Waals surface area contributed by atoms with Crippen LogP contribution in [0.4, 0.5) is 0 Å². The number of rotatable bonds is 7. The standard InChI is InChI=1S/C19H25N3O3/c1-13(2)11-24-16-7-17(21-9-16)19(23)22-8-14-3-5-15(6-4-14)18-10-20-12-25-18/h3-6,10,12-13,16-17,21H,7-9,11H2,1-2H3,(H,22,23). The highest BCUT2D eigenvalue weighted by Crippen LogP contribution is 2.19. The number of ether oxygens (including phenoxy) is 1. The van der Waals surface area contributed by atoms with Gasteiger partial charge in [0, 0.05) is 25.3 Å². The minimum atomic E-state index is -0.175. The normalized spacial score (nSPS) is 20.1. The van der Waals surface area contributed by atoms with Gasteiger partial charge in [0.2, 0.25) is 5.91 Å². The van der Waals surface area contributed by atoms with Gasteiger partial charge in [-0.15, -0.1) is 0 Å². The molecule has 2 aromatic rings. The molecule has 1 aliphatic rings. The van der Waals surface area contributed by atoms with Crippen LogP contribution in [-0.4, -0.2) is 36.2 Å². The van der Waals surface area contributed by atoms with Crippen LogP contribution < -0.4 is 10.6 Å². The van der Waals surface area contributed by atoms with Crippen LogP contribution in [0.15, 0.2) is 41.3 Å². The molecule has 6 nitrogen and oxygen atoms in total. The molecule has 3 rings (SSSR count). The fourth-order valence-corrected chi connectivity index (χ4v) is 2.82. The van der Waals surface area contributed by atoms with E-state index in [1.165, 1.54) is 6.39 Å². The predicted molar refractivity (Wildman–Crippen MR) is 94.8 cm³/mol. The molecule has 134 valence electrons. The average Bonchev–Trinajstić information content (AvgIpc) is 3.30. The molecule has 0 saturated carbocycles. The van der Waals surface area contributed by atoms with E-state index in [2.05, 4.69) is 29.5 Å². The molecule has 1 aliphatic heterocycles. The van der Waals surface area contributed by atoms with E-state index in [0.29, 0.717) is 12.5 Å². The number of carbonyl (C=O) groups is 1. The molecule has 6 heteroatoms. The van der Waals surface area contributed by atoms with Crippen molar-refractivity contribution in [3.63, 3.8) is 0 Å². The second-order valence-electron chi connectivity index (χ2n) is 6.83. The van der Waals surface area contributed by atoms with Crippen LogP contribution in [0.25, 0.3) is 11.3 Å². The van der Waals surface area contributed by atoms with E-state index in [1.807, 2.05) is 24.3 Å². The number of oxazole rings is 1. The zero-order chi connectivity index (χ0) is 17.6. The molecule has 25 heavy (non-hydrogen) atoms. The van der Waals surface area contributed by atoms with Crippen molar-refractivity contribution < 1.29 is 13.9 Å². The van der Waals surface area contributed by atoms with Gasteiger partial charge in [0.25, 0.3) is 0 Å². The van der Waals surface area contributed by atoms with Crippen LogP contribution in [0, 0.1) is 5.92 Å². The van der Waals surface area contributed by atoms with Crippen LogP contribution in [-0.2, 0) is 16.1 Å². The smallest absolute Gasteiger partial charge is 0.237 e. The van der Waals surface area contributed by atoms with Gasteiger partial charge in [0.05, 0.1) is 18.3 Å². The molecule has 0 spiro atoms. The van der Waals surface area contributed by atoms with Gasteiger partial charge in [-0.1, -0.05) is 38.1 Å². The van der Waals surface area contributed by atoms with Crippen molar-refractivity contribution >= 4 is 5.91 Å². The van der Waals surface area contributed by atoms with Crippen molar-refractivity contribution in [1.82, 2.24) is 15.6 Å². The summed E-state index contributed by atoms with van der Waals surface area (Å²) in [6.07, 6.45) is 3.94. The largest absolute Gasteiger partial charge is 0.444 e. The van der Waals surface area contributed by atoms with E-state index in [1.54, 1.807) is 6.20 Å². The maximum absolute atomic E-state index is 12.3. The summed E-state index contributed by atoms with van der Waals surface area (Å²) in [6.45, 7) is 6.22. The molecular formula is C19H25N3O3. The Labute approximate surface area is 148 Å². The third-order valence-electron chi connectivity index (χ3n) is 4.21. The minimum Gasteiger partial charge on any atom is -0.444 e. The molecule has 0 radical (unpaired) electrons. The van der Waals surface area contributed by atoms with Gasteiger partial charge in [-0.2, -0.15) is 0 Å². The van der Waals surface area contributed by atoms with Crippen molar-refractivity contribution in [3.8, 4) is 11.3 Å². The molecular weight excluding hydrogens is 318 g/mol. The van der Waals surface area contributed by atoms with Gasteiger partial charge in [-0.05, 0) is 17.9 Å². The summed E-state index contributed by atoms with van der Waals surface area (Å²) < 4.78 is 11.1. The number of aromatic nitrogens is 1. The fraction of sp³-hybridized carbons (Fsp3) is 0.474. The molecule has 2 unspecified atom stereocenters. The minimum absolute atomic E-state index is 0.0231. The summed E-state index contributed by atoms with van der Waals surface area (Å²) in [5, 5.41) is 6.23. The van der Waals surface area contributed by atoms with Crippen molar-refractivity contribution in [2.24, 2.45) is 5.92 Å². The van der Waals surface area contributed by atoms with Gasteiger partial charge >= 0.3 is 0 Å². The molecule has 0 aliphatic carbocycles. The van der Waals surface area contributed by atoms with Crippen LogP contribution in [0.3, 0.4) is 0 Å². The molecule has 1 aromatic carbocycles. The van der Waals surface area contributed by atoms with E-state index in [4.69, 9.17) is 9.15 Å². The van der Waals surface area contributed by atoms with Gasteiger partial charge in [-0.3, -0.25) is 4.79 Å². The Hall–Kier alpha value is -2.18. The highest BCUT2D eigenvalue weighted by molar-refractivity contribution is 5.82. The molecule has 2 N–H and O–H groups in total. The second kappa shape index (κ2) is 8.27. The Balaban J connectivity index is 1.45.